The van der Waals surface area contributed by atoms with E-state index in [0.717, 1.165) is 17.0 Å². The minimum atomic E-state index is -3.04. The lowest BCUT2D eigenvalue weighted by molar-refractivity contribution is -0.0520. The van der Waals surface area contributed by atoms with Crippen LogP contribution in [0.5, 0.6) is 5.75 Å². The molecule has 1 fully saturated rings. The van der Waals surface area contributed by atoms with Crippen molar-refractivity contribution in [3.05, 3.63) is 66.0 Å². The van der Waals surface area contributed by atoms with Crippen LogP contribution >= 0.6 is 0 Å². The van der Waals surface area contributed by atoms with Gasteiger partial charge < -0.3 is 4.74 Å². The molecule has 0 heterocycles. The Bertz CT molecular complexity index is 989. The average molecular weight is 412 g/mol. The molecular weight excluding hydrogens is 385 g/mol. The van der Waals surface area contributed by atoms with Crippen molar-refractivity contribution in [2.75, 3.05) is 0 Å². The van der Waals surface area contributed by atoms with Crippen molar-refractivity contribution in [3.8, 4) is 16.9 Å². The number of hydrogen-bond donors (Lipinski definition) is 0. The van der Waals surface area contributed by atoms with E-state index in [0.29, 0.717) is 11.3 Å². The highest BCUT2D eigenvalue weighted by molar-refractivity contribution is 5.89. The first-order valence-electron chi connectivity index (χ1n) is 10.8. The molecule has 3 aromatic carbocycles. The van der Waals surface area contributed by atoms with E-state index in [1.165, 1.54) is 50.2 Å². The fourth-order valence-electron chi connectivity index (χ4n) is 4.78. The Morgan fingerprint density at radius 1 is 0.900 bits per heavy atom. The topological polar surface area (TPSA) is 9.23 Å². The first-order valence-corrected chi connectivity index (χ1v) is 10.8. The molecule has 158 valence electrons. The zero-order chi connectivity index (χ0) is 21.1. The molecule has 0 amide bonds. The monoisotopic (exact) mass is 412 g/mol. The molecule has 4 heteroatoms. The molecular formula is C26H27F3O. The van der Waals surface area contributed by atoms with E-state index in [1.54, 1.807) is 12.1 Å². The van der Waals surface area contributed by atoms with Gasteiger partial charge >= 0.3 is 6.61 Å². The number of halogens is 3. The second-order valence-electron chi connectivity index (χ2n) is 8.32. The van der Waals surface area contributed by atoms with E-state index in [-0.39, 0.29) is 5.39 Å². The summed E-state index contributed by atoms with van der Waals surface area (Å²) in [5.74, 6) is 0.359. The summed E-state index contributed by atoms with van der Waals surface area (Å²) >= 11 is 0. The molecule has 1 aliphatic rings. The highest BCUT2D eigenvalue weighted by atomic mass is 19.3. The largest absolute Gasteiger partial charge is 0.432 e. The van der Waals surface area contributed by atoms with E-state index in [4.69, 9.17) is 0 Å². The fraction of sp³-hybridized carbons (Fsp3) is 0.385. The van der Waals surface area contributed by atoms with Crippen LogP contribution in [0.15, 0.2) is 54.6 Å². The Balaban J connectivity index is 1.51. The van der Waals surface area contributed by atoms with Gasteiger partial charge in [-0.15, -0.1) is 0 Å². The van der Waals surface area contributed by atoms with Gasteiger partial charge in [-0.1, -0.05) is 62.2 Å². The number of benzene rings is 3. The molecule has 0 aromatic heterocycles. The van der Waals surface area contributed by atoms with Gasteiger partial charge in [0.1, 0.15) is 0 Å². The maximum Gasteiger partial charge on any atom is 0.387 e. The Morgan fingerprint density at radius 2 is 1.60 bits per heavy atom. The number of hydrogen-bond acceptors (Lipinski definition) is 1. The van der Waals surface area contributed by atoms with Crippen LogP contribution in [0.2, 0.25) is 0 Å². The van der Waals surface area contributed by atoms with Gasteiger partial charge in [-0.25, -0.2) is 4.39 Å². The zero-order valence-electron chi connectivity index (χ0n) is 17.2. The maximum absolute atomic E-state index is 14.4. The minimum Gasteiger partial charge on any atom is -0.432 e. The van der Waals surface area contributed by atoms with E-state index in [9.17, 15) is 13.2 Å². The van der Waals surface area contributed by atoms with Crippen molar-refractivity contribution >= 4 is 10.8 Å². The second-order valence-corrected chi connectivity index (χ2v) is 8.32. The molecule has 4 rings (SSSR count). The van der Waals surface area contributed by atoms with E-state index < -0.39 is 18.2 Å². The highest BCUT2D eigenvalue weighted by Gasteiger charge is 2.21. The predicted octanol–water partition coefficient (Wildman–Crippen LogP) is 8.32. The molecule has 0 aliphatic heterocycles. The second kappa shape index (κ2) is 9.11. The van der Waals surface area contributed by atoms with E-state index >= 15 is 0 Å². The van der Waals surface area contributed by atoms with E-state index in [1.807, 2.05) is 12.1 Å². The van der Waals surface area contributed by atoms with Crippen LogP contribution in [0.1, 0.15) is 56.9 Å². The summed E-state index contributed by atoms with van der Waals surface area (Å²) in [6, 6.07) is 16.9. The van der Waals surface area contributed by atoms with Gasteiger partial charge in [-0.05, 0) is 71.7 Å². The van der Waals surface area contributed by atoms with Crippen molar-refractivity contribution in [1.82, 2.24) is 0 Å². The first-order chi connectivity index (χ1) is 14.5. The third kappa shape index (κ3) is 4.48. The van der Waals surface area contributed by atoms with Crippen molar-refractivity contribution in [3.63, 3.8) is 0 Å². The van der Waals surface area contributed by atoms with Crippen LogP contribution in [0.3, 0.4) is 0 Å². The molecule has 0 N–H and O–H groups in total. The summed E-state index contributed by atoms with van der Waals surface area (Å²) < 4.78 is 43.5. The standard InChI is InChI=1S/C26H27F3O/c1-2-3-17-4-6-18(7-5-17)19-8-10-20(11-9-19)21-12-14-23-22(16-21)13-15-24(25(23)27)30-26(28)29/h8-18,26H,2-7H2,1H3. The number of rotatable bonds is 6. The van der Waals surface area contributed by atoms with Crippen LogP contribution in [0.25, 0.3) is 21.9 Å². The molecule has 0 spiro atoms. The third-order valence-corrected chi connectivity index (χ3v) is 6.39. The van der Waals surface area contributed by atoms with Crippen LogP contribution in [-0.2, 0) is 0 Å². The lowest BCUT2D eigenvalue weighted by atomic mass is 9.77. The van der Waals surface area contributed by atoms with Crippen LogP contribution in [0.4, 0.5) is 13.2 Å². The van der Waals surface area contributed by atoms with Gasteiger partial charge in [-0.3, -0.25) is 0 Å². The number of fused-ring (bicyclic) bond motifs is 1. The van der Waals surface area contributed by atoms with Crippen molar-refractivity contribution in [2.24, 2.45) is 5.92 Å². The highest BCUT2D eigenvalue weighted by Crippen LogP contribution is 2.38. The molecule has 0 atom stereocenters. The lowest BCUT2D eigenvalue weighted by Crippen LogP contribution is -2.13. The van der Waals surface area contributed by atoms with Gasteiger partial charge in [0.15, 0.2) is 11.6 Å². The van der Waals surface area contributed by atoms with Gasteiger partial charge in [0.2, 0.25) is 0 Å². The third-order valence-electron chi connectivity index (χ3n) is 6.39. The smallest absolute Gasteiger partial charge is 0.387 e. The van der Waals surface area contributed by atoms with Crippen molar-refractivity contribution < 1.29 is 17.9 Å². The molecule has 0 unspecified atom stereocenters. The quantitative estimate of drug-likeness (QED) is 0.395. The number of alkyl halides is 2. The first kappa shape index (κ1) is 20.8. The Hall–Kier alpha value is -2.49. The molecule has 1 nitrogen and oxygen atoms in total. The van der Waals surface area contributed by atoms with Gasteiger partial charge in [0, 0.05) is 5.39 Å². The molecule has 0 radical (unpaired) electrons. The molecule has 3 aromatic rings. The Kier molecular flexibility index (Phi) is 6.31. The molecule has 30 heavy (non-hydrogen) atoms. The van der Waals surface area contributed by atoms with Crippen molar-refractivity contribution in [2.45, 2.75) is 58.0 Å². The molecule has 1 saturated carbocycles. The molecule has 1 aliphatic carbocycles. The Morgan fingerprint density at radius 3 is 2.27 bits per heavy atom. The van der Waals surface area contributed by atoms with Gasteiger partial charge in [0.25, 0.3) is 0 Å². The van der Waals surface area contributed by atoms with Crippen LogP contribution in [0, 0.1) is 11.7 Å². The molecule has 0 saturated heterocycles. The van der Waals surface area contributed by atoms with E-state index in [2.05, 4.69) is 35.9 Å². The minimum absolute atomic E-state index is 0.275. The van der Waals surface area contributed by atoms with Gasteiger partial charge in [-0.2, -0.15) is 8.78 Å². The summed E-state index contributed by atoms with van der Waals surface area (Å²) in [5.41, 5.74) is 3.44. The fourth-order valence-corrected chi connectivity index (χ4v) is 4.78. The normalized spacial score (nSPS) is 19.4. The lowest BCUT2D eigenvalue weighted by Gasteiger charge is -2.28. The summed E-state index contributed by atoms with van der Waals surface area (Å²) in [6.45, 7) is -0.779. The SMILES string of the molecule is CCCC1CCC(c2ccc(-c3ccc4c(F)c(OC(F)F)ccc4c3)cc2)CC1. The average Bonchev–Trinajstić information content (AvgIpc) is 2.76. The number of ether oxygens (including phenoxy) is 1. The van der Waals surface area contributed by atoms with Crippen LogP contribution < -0.4 is 4.74 Å². The summed E-state index contributed by atoms with van der Waals surface area (Å²) in [7, 11) is 0. The summed E-state index contributed by atoms with van der Waals surface area (Å²) in [5, 5.41) is 0.933. The summed E-state index contributed by atoms with van der Waals surface area (Å²) in [6.07, 6.45) is 7.82. The molecule has 0 bridgehead atoms. The van der Waals surface area contributed by atoms with Gasteiger partial charge in [0.05, 0.1) is 0 Å². The maximum atomic E-state index is 14.4. The zero-order valence-corrected chi connectivity index (χ0v) is 17.2. The summed E-state index contributed by atoms with van der Waals surface area (Å²) in [4.78, 5) is 0. The Labute approximate surface area is 175 Å². The predicted molar refractivity (Wildman–Crippen MR) is 116 cm³/mol. The van der Waals surface area contributed by atoms with Crippen molar-refractivity contribution in [1.29, 1.82) is 0 Å². The van der Waals surface area contributed by atoms with Crippen LogP contribution in [-0.4, -0.2) is 6.61 Å².